The molecule has 0 saturated carbocycles. The van der Waals surface area contributed by atoms with Crippen LogP contribution in [0.25, 0.3) is 0 Å². The van der Waals surface area contributed by atoms with Crippen molar-refractivity contribution in [1.29, 1.82) is 0 Å². The lowest BCUT2D eigenvalue weighted by Gasteiger charge is -2.20. The fraction of sp³-hybridized carbons (Fsp3) is 1.00. The third kappa shape index (κ3) is 6.65. The molecule has 0 aliphatic heterocycles. The molecule has 3 nitrogen and oxygen atoms in total. The summed E-state index contributed by atoms with van der Waals surface area (Å²) in [7, 11) is 0. The van der Waals surface area contributed by atoms with E-state index in [0.717, 1.165) is 18.7 Å². The zero-order valence-electron chi connectivity index (χ0n) is 9.36. The fourth-order valence-corrected chi connectivity index (χ4v) is 2.19. The summed E-state index contributed by atoms with van der Waals surface area (Å²) in [5.41, 5.74) is 0. The zero-order valence-corrected chi connectivity index (χ0v) is 10.2. The summed E-state index contributed by atoms with van der Waals surface area (Å²) in [5, 5.41) is 21.7. The van der Waals surface area contributed by atoms with Gasteiger partial charge in [-0.2, -0.15) is 11.8 Å². The van der Waals surface area contributed by atoms with E-state index >= 15 is 0 Å². The van der Waals surface area contributed by atoms with Crippen LogP contribution in [0.4, 0.5) is 0 Å². The summed E-state index contributed by atoms with van der Waals surface area (Å²) < 4.78 is 0. The molecule has 0 bridgehead atoms. The van der Waals surface area contributed by atoms with Crippen LogP contribution in [0.1, 0.15) is 27.2 Å². The van der Waals surface area contributed by atoms with Crippen molar-refractivity contribution in [2.45, 2.75) is 44.6 Å². The zero-order chi connectivity index (χ0) is 11.0. The van der Waals surface area contributed by atoms with Gasteiger partial charge in [-0.25, -0.2) is 0 Å². The van der Waals surface area contributed by atoms with Gasteiger partial charge in [-0.05, 0) is 19.9 Å². The van der Waals surface area contributed by atoms with Crippen LogP contribution >= 0.6 is 11.8 Å². The molecule has 3 unspecified atom stereocenters. The molecule has 0 saturated heterocycles. The highest BCUT2D eigenvalue weighted by Gasteiger charge is 2.12. The van der Waals surface area contributed by atoms with Gasteiger partial charge in [0.15, 0.2) is 0 Å². The van der Waals surface area contributed by atoms with E-state index in [-0.39, 0.29) is 18.0 Å². The van der Waals surface area contributed by atoms with Crippen LogP contribution in [0.2, 0.25) is 0 Å². The van der Waals surface area contributed by atoms with Crippen LogP contribution in [0.5, 0.6) is 0 Å². The Morgan fingerprint density at radius 3 is 2.43 bits per heavy atom. The van der Waals surface area contributed by atoms with Gasteiger partial charge in [-0.3, -0.25) is 0 Å². The van der Waals surface area contributed by atoms with Gasteiger partial charge in [-0.15, -0.1) is 0 Å². The minimum atomic E-state index is -0.267. The summed E-state index contributed by atoms with van der Waals surface area (Å²) >= 11 is 1.75. The van der Waals surface area contributed by atoms with Gasteiger partial charge in [0, 0.05) is 23.7 Å². The Balaban J connectivity index is 3.68. The molecule has 0 aliphatic carbocycles. The first-order valence-corrected chi connectivity index (χ1v) is 6.30. The summed E-state index contributed by atoms with van der Waals surface area (Å²) in [6.45, 7) is 7.05. The smallest absolute Gasteiger partial charge is 0.0628 e. The van der Waals surface area contributed by atoms with Crippen molar-refractivity contribution in [1.82, 2.24) is 5.32 Å². The molecule has 0 rings (SSSR count). The maximum Gasteiger partial charge on any atom is 0.0628 e. The molecular weight excluding hydrogens is 198 g/mol. The fourth-order valence-electron chi connectivity index (χ4n) is 1.10. The topological polar surface area (TPSA) is 52.5 Å². The van der Waals surface area contributed by atoms with Gasteiger partial charge in [-0.1, -0.05) is 13.8 Å². The van der Waals surface area contributed by atoms with Crippen LogP contribution in [0.3, 0.4) is 0 Å². The molecule has 0 aromatic heterocycles. The SMILES string of the molecule is CCNC(CCO)CSC(C)C(C)O. The van der Waals surface area contributed by atoms with E-state index < -0.39 is 0 Å². The lowest BCUT2D eigenvalue weighted by molar-refractivity contribution is 0.196. The Bertz CT molecular complexity index is 127. The molecule has 3 atom stereocenters. The summed E-state index contributed by atoms with van der Waals surface area (Å²) in [6, 6.07) is 0.358. The molecule has 14 heavy (non-hydrogen) atoms. The third-order valence-corrected chi connectivity index (χ3v) is 3.72. The first kappa shape index (κ1) is 14.2. The van der Waals surface area contributed by atoms with Crippen molar-refractivity contribution in [3.05, 3.63) is 0 Å². The number of aliphatic hydroxyl groups is 2. The van der Waals surface area contributed by atoms with Crippen molar-refractivity contribution in [3.63, 3.8) is 0 Å². The Hall–Kier alpha value is 0.230. The Morgan fingerprint density at radius 2 is 2.00 bits per heavy atom. The van der Waals surface area contributed by atoms with Gasteiger partial charge >= 0.3 is 0 Å². The monoisotopic (exact) mass is 221 g/mol. The molecule has 0 amide bonds. The predicted molar refractivity (Wildman–Crippen MR) is 62.8 cm³/mol. The highest BCUT2D eigenvalue weighted by atomic mass is 32.2. The summed E-state index contributed by atoms with van der Waals surface area (Å²) in [5.74, 6) is 0.945. The lowest BCUT2D eigenvalue weighted by atomic mass is 10.2. The van der Waals surface area contributed by atoms with Gasteiger partial charge < -0.3 is 15.5 Å². The van der Waals surface area contributed by atoms with Gasteiger partial charge in [0.2, 0.25) is 0 Å². The van der Waals surface area contributed by atoms with E-state index in [1.807, 2.05) is 13.8 Å². The summed E-state index contributed by atoms with van der Waals surface area (Å²) in [4.78, 5) is 0. The number of nitrogens with one attached hydrogen (secondary N) is 1. The molecule has 0 aliphatic rings. The molecule has 86 valence electrons. The second-order valence-corrected chi connectivity index (χ2v) is 4.96. The lowest BCUT2D eigenvalue weighted by Crippen LogP contribution is -2.33. The Labute approximate surface area is 91.3 Å². The van der Waals surface area contributed by atoms with E-state index in [9.17, 15) is 5.11 Å². The quantitative estimate of drug-likeness (QED) is 0.569. The number of hydrogen-bond donors (Lipinski definition) is 3. The van der Waals surface area contributed by atoms with Crippen LogP contribution in [0, 0.1) is 0 Å². The van der Waals surface area contributed by atoms with Crippen molar-refractivity contribution in [2.24, 2.45) is 0 Å². The maximum absolute atomic E-state index is 9.30. The van der Waals surface area contributed by atoms with E-state index in [4.69, 9.17) is 5.11 Å². The largest absolute Gasteiger partial charge is 0.396 e. The normalized spacial score (nSPS) is 17.8. The number of aliphatic hydroxyl groups excluding tert-OH is 2. The highest BCUT2D eigenvalue weighted by molar-refractivity contribution is 7.99. The molecule has 0 aromatic carbocycles. The molecule has 0 aromatic rings. The standard InChI is InChI=1S/C10H23NO2S/c1-4-11-10(5-6-12)7-14-9(3)8(2)13/h8-13H,4-7H2,1-3H3. The van der Waals surface area contributed by atoms with E-state index in [2.05, 4.69) is 12.2 Å². The third-order valence-electron chi connectivity index (χ3n) is 2.21. The maximum atomic E-state index is 9.30. The van der Waals surface area contributed by atoms with Crippen molar-refractivity contribution in [3.8, 4) is 0 Å². The van der Waals surface area contributed by atoms with Crippen LogP contribution in [0.15, 0.2) is 0 Å². The first-order chi connectivity index (χ1) is 6.61. The second kappa shape index (κ2) is 8.53. The molecule has 0 fully saturated rings. The highest BCUT2D eigenvalue weighted by Crippen LogP contribution is 2.16. The van der Waals surface area contributed by atoms with Crippen LogP contribution < -0.4 is 5.32 Å². The van der Waals surface area contributed by atoms with E-state index in [1.165, 1.54) is 0 Å². The molecule has 0 heterocycles. The van der Waals surface area contributed by atoms with Gasteiger partial charge in [0.05, 0.1) is 6.10 Å². The molecule has 0 spiro atoms. The number of rotatable bonds is 8. The molecule has 3 N–H and O–H groups in total. The van der Waals surface area contributed by atoms with Crippen molar-refractivity contribution < 1.29 is 10.2 Å². The second-order valence-electron chi connectivity index (χ2n) is 3.55. The minimum Gasteiger partial charge on any atom is -0.396 e. The van der Waals surface area contributed by atoms with Crippen molar-refractivity contribution >= 4 is 11.8 Å². The molecule has 4 heteroatoms. The van der Waals surface area contributed by atoms with E-state index in [0.29, 0.717) is 6.04 Å². The van der Waals surface area contributed by atoms with Gasteiger partial charge in [0.25, 0.3) is 0 Å². The van der Waals surface area contributed by atoms with Crippen LogP contribution in [-0.2, 0) is 0 Å². The molecule has 0 radical (unpaired) electrons. The minimum absolute atomic E-state index is 0.223. The number of thioether (sulfide) groups is 1. The van der Waals surface area contributed by atoms with E-state index in [1.54, 1.807) is 11.8 Å². The number of hydrogen-bond acceptors (Lipinski definition) is 4. The summed E-state index contributed by atoms with van der Waals surface area (Å²) in [6.07, 6.45) is 0.518. The Kier molecular flexibility index (Phi) is 8.67. The Morgan fingerprint density at radius 1 is 1.36 bits per heavy atom. The first-order valence-electron chi connectivity index (χ1n) is 5.25. The van der Waals surface area contributed by atoms with Crippen LogP contribution in [-0.4, -0.2) is 46.5 Å². The average molecular weight is 221 g/mol. The average Bonchev–Trinajstić information content (AvgIpc) is 2.14. The molecular formula is C10H23NO2S. The predicted octanol–water partition coefficient (Wildman–Crippen LogP) is 0.849. The van der Waals surface area contributed by atoms with Gasteiger partial charge in [0.1, 0.15) is 0 Å². The van der Waals surface area contributed by atoms with Crippen molar-refractivity contribution in [2.75, 3.05) is 18.9 Å².